The molecule has 0 fully saturated rings. The first-order valence-electron chi connectivity index (χ1n) is 22.4. The van der Waals surface area contributed by atoms with Crippen LogP contribution in [0.15, 0.2) is 24.3 Å². The summed E-state index contributed by atoms with van der Waals surface area (Å²) < 4.78 is 32.6. The third-order valence-corrected chi connectivity index (χ3v) is 10.6. The number of aliphatic carboxylic acids is 1. The average Bonchev–Trinajstić information content (AvgIpc) is 3.17. The number of hydrogen-bond donors (Lipinski definition) is 3. The standard InChI is InChI=1S/C44H82NO10P/c1-3-5-7-9-11-13-15-17-19-20-22-24-26-28-30-32-34-36-43(47)55-40(38-53-56(50,51)54-39-41(45)44(48)49)37-52-42(46)35-33-31-29-27-25-23-21-18-16-14-12-10-8-6-4-2/h29-32,40-41H,3-28,33-39,45H2,1-2H3,(H,48,49)(H,50,51)/b31-29-,32-30-. The summed E-state index contributed by atoms with van der Waals surface area (Å²) in [5, 5.41) is 8.88. The van der Waals surface area contributed by atoms with Gasteiger partial charge >= 0.3 is 25.7 Å². The molecule has 328 valence electrons. The van der Waals surface area contributed by atoms with E-state index in [2.05, 4.69) is 30.5 Å². The molecular weight excluding hydrogens is 733 g/mol. The Hall–Kier alpha value is -2.04. The van der Waals surface area contributed by atoms with E-state index in [1.807, 2.05) is 12.2 Å². The molecule has 11 nitrogen and oxygen atoms in total. The Kier molecular flexibility index (Phi) is 38.3. The number of carboxylic acid groups (broad SMARTS) is 1. The first-order valence-corrected chi connectivity index (χ1v) is 23.9. The lowest BCUT2D eigenvalue weighted by molar-refractivity contribution is -0.161. The number of ether oxygens (including phenoxy) is 2. The minimum Gasteiger partial charge on any atom is -0.480 e. The molecule has 0 bridgehead atoms. The van der Waals surface area contributed by atoms with Crippen LogP contribution in [0.5, 0.6) is 0 Å². The second kappa shape index (κ2) is 39.8. The van der Waals surface area contributed by atoms with Gasteiger partial charge in [0, 0.05) is 12.8 Å². The molecule has 0 saturated carbocycles. The number of hydrogen-bond acceptors (Lipinski definition) is 9. The molecular formula is C44H82NO10P. The molecule has 0 aromatic heterocycles. The van der Waals surface area contributed by atoms with Gasteiger partial charge in [0.15, 0.2) is 6.10 Å². The summed E-state index contributed by atoms with van der Waals surface area (Å²) in [6, 6.07) is -1.53. The van der Waals surface area contributed by atoms with Crippen LogP contribution in [0.1, 0.15) is 206 Å². The maximum Gasteiger partial charge on any atom is 0.472 e. The second-order valence-corrected chi connectivity index (χ2v) is 16.6. The lowest BCUT2D eigenvalue weighted by Crippen LogP contribution is -2.34. The lowest BCUT2D eigenvalue weighted by atomic mass is 10.0. The molecule has 4 N–H and O–H groups in total. The van der Waals surface area contributed by atoms with E-state index in [0.29, 0.717) is 12.8 Å². The zero-order chi connectivity index (χ0) is 41.4. The number of allylic oxidation sites excluding steroid dienone is 4. The molecule has 12 heteroatoms. The molecule has 0 aromatic carbocycles. The van der Waals surface area contributed by atoms with Crippen molar-refractivity contribution in [1.29, 1.82) is 0 Å². The van der Waals surface area contributed by atoms with E-state index in [4.69, 9.17) is 24.8 Å². The van der Waals surface area contributed by atoms with Gasteiger partial charge in [0.25, 0.3) is 0 Å². The zero-order valence-corrected chi connectivity index (χ0v) is 36.4. The molecule has 0 heterocycles. The molecule has 56 heavy (non-hydrogen) atoms. The molecule has 3 atom stereocenters. The Balaban J connectivity index is 4.41. The summed E-state index contributed by atoms with van der Waals surface area (Å²) in [5.74, 6) is -2.49. The van der Waals surface area contributed by atoms with Crippen LogP contribution in [0.4, 0.5) is 0 Å². The number of rotatable bonds is 42. The van der Waals surface area contributed by atoms with Gasteiger partial charge in [0.2, 0.25) is 0 Å². The van der Waals surface area contributed by atoms with Crippen molar-refractivity contribution in [3.63, 3.8) is 0 Å². The smallest absolute Gasteiger partial charge is 0.472 e. The van der Waals surface area contributed by atoms with Gasteiger partial charge in [-0.15, -0.1) is 0 Å². The maximum atomic E-state index is 12.6. The first-order chi connectivity index (χ1) is 27.1. The molecule has 0 aliphatic carbocycles. The molecule has 0 spiro atoms. The van der Waals surface area contributed by atoms with Crippen molar-refractivity contribution in [2.24, 2.45) is 5.73 Å². The number of carboxylic acids is 1. The van der Waals surface area contributed by atoms with Gasteiger partial charge in [0.1, 0.15) is 12.6 Å². The highest BCUT2D eigenvalue weighted by molar-refractivity contribution is 7.47. The van der Waals surface area contributed by atoms with Gasteiger partial charge in [-0.3, -0.25) is 23.4 Å². The van der Waals surface area contributed by atoms with Crippen LogP contribution >= 0.6 is 7.82 Å². The fraction of sp³-hybridized carbons (Fsp3) is 0.841. The fourth-order valence-corrected chi connectivity index (χ4v) is 6.94. The van der Waals surface area contributed by atoms with Crippen LogP contribution in [-0.4, -0.2) is 59.9 Å². The highest BCUT2D eigenvalue weighted by Gasteiger charge is 2.28. The summed E-state index contributed by atoms with van der Waals surface area (Å²) in [6.07, 6.45) is 41.3. The van der Waals surface area contributed by atoms with Crippen molar-refractivity contribution in [2.45, 2.75) is 219 Å². The van der Waals surface area contributed by atoms with Crippen LogP contribution in [0, 0.1) is 0 Å². The van der Waals surface area contributed by atoms with Crippen molar-refractivity contribution in [3.8, 4) is 0 Å². The number of carbonyl (C=O) groups excluding carboxylic acids is 2. The van der Waals surface area contributed by atoms with Crippen molar-refractivity contribution < 1.29 is 47.5 Å². The number of phosphoric ester groups is 1. The van der Waals surface area contributed by atoms with Crippen LogP contribution < -0.4 is 5.73 Å². The quantitative estimate of drug-likeness (QED) is 0.0232. The molecule has 0 saturated heterocycles. The third-order valence-electron chi connectivity index (χ3n) is 9.70. The van der Waals surface area contributed by atoms with Gasteiger partial charge < -0.3 is 25.2 Å². The molecule has 0 aliphatic rings. The number of unbranched alkanes of at least 4 members (excludes halogenated alkanes) is 24. The molecule has 3 unspecified atom stereocenters. The van der Waals surface area contributed by atoms with Crippen LogP contribution in [0.25, 0.3) is 0 Å². The van der Waals surface area contributed by atoms with Crippen molar-refractivity contribution in [3.05, 3.63) is 24.3 Å². The lowest BCUT2D eigenvalue weighted by Gasteiger charge is -2.20. The number of esters is 2. The number of carbonyl (C=O) groups is 3. The highest BCUT2D eigenvalue weighted by atomic mass is 31.2. The third kappa shape index (κ3) is 38.8. The van der Waals surface area contributed by atoms with Gasteiger partial charge in [-0.05, 0) is 38.5 Å². The van der Waals surface area contributed by atoms with Crippen molar-refractivity contribution >= 4 is 25.7 Å². The van der Waals surface area contributed by atoms with E-state index >= 15 is 0 Å². The summed E-state index contributed by atoms with van der Waals surface area (Å²) in [5.41, 5.74) is 5.33. The van der Waals surface area contributed by atoms with E-state index in [0.717, 1.165) is 25.7 Å². The predicted molar refractivity (Wildman–Crippen MR) is 226 cm³/mol. The van der Waals surface area contributed by atoms with Gasteiger partial charge in [-0.25, -0.2) is 4.57 Å². The van der Waals surface area contributed by atoms with E-state index in [-0.39, 0.29) is 19.4 Å². The Morgan fingerprint density at radius 3 is 1.30 bits per heavy atom. The van der Waals surface area contributed by atoms with Gasteiger partial charge in [-0.1, -0.05) is 179 Å². The van der Waals surface area contributed by atoms with Crippen molar-refractivity contribution in [2.75, 3.05) is 19.8 Å². The zero-order valence-electron chi connectivity index (χ0n) is 35.5. The van der Waals surface area contributed by atoms with Crippen molar-refractivity contribution in [1.82, 2.24) is 0 Å². The minimum atomic E-state index is -4.73. The Morgan fingerprint density at radius 2 is 0.893 bits per heavy atom. The highest BCUT2D eigenvalue weighted by Crippen LogP contribution is 2.43. The topological polar surface area (TPSA) is 172 Å². The summed E-state index contributed by atoms with van der Waals surface area (Å²) in [7, 11) is -4.73. The molecule has 0 aromatic rings. The first kappa shape index (κ1) is 54.0. The fourth-order valence-electron chi connectivity index (χ4n) is 6.16. The Labute approximate surface area is 340 Å². The summed E-state index contributed by atoms with van der Waals surface area (Å²) >= 11 is 0. The number of phosphoric acid groups is 1. The number of nitrogens with two attached hydrogens (primary N) is 1. The molecule has 0 rings (SSSR count). The normalized spacial score (nSPS) is 13.9. The monoisotopic (exact) mass is 816 g/mol. The molecule has 0 amide bonds. The second-order valence-electron chi connectivity index (χ2n) is 15.2. The van der Waals surface area contributed by atoms with E-state index < -0.39 is 51.1 Å². The van der Waals surface area contributed by atoms with Crippen LogP contribution in [0.3, 0.4) is 0 Å². The Morgan fingerprint density at radius 1 is 0.536 bits per heavy atom. The van der Waals surface area contributed by atoms with E-state index in [1.54, 1.807) is 0 Å². The molecule has 0 radical (unpaired) electrons. The van der Waals surface area contributed by atoms with E-state index in [1.165, 1.54) is 141 Å². The largest absolute Gasteiger partial charge is 0.480 e. The maximum absolute atomic E-state index is 12.6. The predicted octanol–water partition coefficient (Wildman–Crippen LogP) is 11.8. The average molecular weight is 816 g/mol. The minimum absolute atomic E-state index is 0.0736. The summed E-state index contributed by atoms with van der Waals surface area (Å²) in [4.78, 5) is 45.9. The van der Waals surface area contributed by atoms with Crippen LogP contribution in [0.2, 0.25) is 0 Å². The SMILES string of the molecule is CCCCCCCCCCCCC/C=C\CCC(=O)OCC(COP(=O)(O)OCC(N)C(=O)O)OC(=O)CC/C=C\CCCCCCCCCCCCCCC. The molecule has 0 aliphatic heterocycles. The summed E-state index contributed by atoms with van der Waals surface area (Å²) in [6.45, 7) is 2.75. The van der Waals surface area contributed by atoms with Gasteiger partial charge in [-0.2, -0.15) is 0 Å². The van der Waals surface area contributed by atoms with Gasteiger partial charge in [0.05, 0.1) is 13.2 Å². The Bertz CT molecular complexity index is 1050. The van der Waals surface area contributed by atoms with Crippen LogP contribution in [-0.2, 0) is 37.5 Å². The van der Waals surface area contributed by atoms with E-state index in [9.17, 15) is 23.8 Å².